The predicted molar refractivity (Wildman–Crippen MR) is 75.4 cm³/mol. The quantitative estimate of drug-likeness (QED) is 0.863. The van der Waals surface area contributed by atoms with Crippen LogP contribution in [0.2, 0.25) is 0 Å². The summed E-state index contributed by atoms with van der Waals surface area (Å²) in [6.07, 6.45) is 0.990. The fourth-order valence-electron chi connectivity index (χ4n) is 2.88. The van der Waals surface area contributed by atoms with E-state index in [0.29, 0.717) is 0 Å². The molecule has 1 saturated heterocycles. The molecule has 1 N–H and O–H groups in total. The zero-order chi connectivity index (χ0) is 13.1. The average Bonchev–Trinajstić information content (AvgIpc) is 2.48. The highest BCUT2D eigenvalue weighted by Gasteiger charge is 2.24. The van der Waals surface area contributed by atoms with E-state index in [-0.39, 0.29) is 5.91 Å². The van der Waals surface area contributed by atoms with Crippen LogP contribution in [-0.2, 0) is 6.42 Å². The van der Waals surface area contributed by atoms with Crippen molar-refractivity contribution in [3.05, 3.63) is 35.4 Å². The van der Waals surface area contributed by atoms with Crippen molar-refractivity contribution in [1.29, 1.82) is 0 Å². The van der Waals surface area contributed by atoms with Crippen LogP contribution in [0.15, 0.2) is 24.3 Å². The monoisotopic (exact) mass is 259 g/mol. The summed E-state index contributed by atoms with van der Waals surface area (Å²) < 4.78 is 0. The maximum atomic E-state index is 12.4. The van der Waals surface area contributed by atoms with E-state index in [9.17, 15) is 4.79 Å². The van der Waals surface area contributed by atoms with Gasteiger partial charge in [0.05, 0.1) is 0 Å². The molecule has 2 aliphatic rings. The molecule has 1 fully saturated rings. The second kappa shape index (κ2) is 5.72. The molecule has 19 heavy (non-hydrogen) atoms. The summed E-state index contributed by atoms with van der Waals surface area (Å²) in [6, 6.07) is 7.99. The smallest absolute Gasteiger partial charge is 0.254 e. The van der Waals surface area contributed by atoms with Crippen LogP contribution in [0.4, 0.5) is 0 Å². The van der Waals surface area contributed by atoms with E-state index in [1.54, 1.807) is 0 Å². The van der Waals surface area contributed by atoms with Crippen LogP contribution in [0.1, 0.15) is 15.9 Å². The van der Waals surface area contributed by atoms with E-state index in [1.807, 2.05) is 23.1 Å². The van der Waals surface area contributed by atoms with E-state index in [4.69, 9.17) is 0 Å². The van der Waals surface area contributed by atoms with Crippen LogP contribution >= 0.6 is 0 Å². The summed E-state index contributed by atoms with van der Waals surface area (Å²) in [5, 5.41) is 3.35. The highest BCUT2D eigenvalue weighted by Crippen LogP contribution is 2.18. The van der Waals surface area contributed by atoms with Crippen LogP contribution in [0, 0.1) is 0 Å². The molecule has 0 bridgehead atoms. The first-order chi connectivity index (χ1) is 9.34. The van der Waals surface area contributed by atoms with Crippen molar-refractivity contribution >= 4 is 5.91 Å². The fourth-order valence-corrected chi connectivity index (χ4v) is 2.88. The van der Waals surface area contributed by atoms with Gasteiger partial charge in [0.2, 0.25) is 0 Å². The fraction of sp³-hybridized carbons (Fsp3) is 0.533. The number of nitrogens with zero attached hydrogens (tertiary/aromatic N) is 2. The molecule has 0 unspecified atom stereocenters. The lowest BCUT2D eigenvalue weighted by Crippen LogP contribution is -2.48. The Kier molecular flexibility index (Phi) is 3.80. The normalized spacial score (nSPS) is 20.4. The Labute approximate surface area is 114 Å². The molecule has 0 aliphatic carbocycles. The zero-order valence-electron chi connectivity index (χ0n) is 11.3. The first-order valence-corrected chi connectivity index (χ1v) is 7.15. The lowest BCUT2D eigenvalue weighted by Gasteiger charge is -2.32. The van der Waals surface area contributed by atoms with Crippen LogP contribution in [0.3, 0.4) is 0 Å². The summed E-state index contributed by atoms with van der Waals surface area (Å²) >= 11 is 0. The van der Waals surface area contributed by atoms with E-state index in [2.05, 4.69) is 16.3 Å². The summed E-state index contributed by atoms with van der Waals surface area (Å²) in [6.45, 7) is 7.04. The molecule has 0 atom stereocenters. The lowest BCUT2D eigenvalue weighted by atomic mass is 9.99. The summed E-state index contributed by atoms with van der Waals surface area (Å²) in [4.78, 5) is 16.8. The van der Waals surface area contributed by atoms with Crippen LogP contribution in [0.25, 0.3) is 0 Å². The Morgan fingerprint density at radius 2 is 1.84 bits per heavy atom. The van der Waals surface area contributed by atoms with Gasteiger partial charge in [-0.3, -0.25) is 9.69 Å². The molecule has 0 radical (unpaired) electrons. The van der Waals surface area contributed by atoms with Crippen molar-refractivity contribution < 1.29 is 4.79 Å². The number of hydrogen-bond acceptors (Lipinski definition) is 3. The summed E-state index contributed by atoms with van der Waals surface area (Å²) in [5.74, 6) is 0.206. The number of carbonyl (C=O) groups excluding carboxylic acids is 1. The second-order valence-electron chi connectivity index (χ2n) is 5.29. The number of piperazine rings is 1. The van der Waals surface area contributed by atoms with Crippen LogP contribution in [0.5, 0.6) is 0 Å². The number of fused-ring (bicyclic) bond motifs is 1. The van der Waals surface area contributed by atoms with Crippen molar-refractivity contribution in [2.75, 3.05) is 45.8 Å². The molecule has 1 aromatic rings. The minimum absolute atomic E-state index is 0.206. The Morgan fingerprint density at radius 3 is 2.68 bits per heavy atom. The predicted octanol–water partition coefficient (Wildman–Crippen LogP) is 0.590. The van der Waals surface area contributed by atoms with Gasteiger partial charge >= 0.3 is 0 Å². The van der Waals surface area contributed by atoms with E-state index in [0.717, 1.165) is 57.8 Å². The van der Waals surface area contributed by atoms with Crippen molar-refractivity contribution in [1.82, 2.24) is 15.1 Å². The third-order valence-electron chi connectivity index (χ3n) is 4.08. The number of rotatable bonds is 3. The Hall–Kier alpha value is -1.39. The van der Waals surface area contributed by atoms with E-state index >= 15 is 0 Å². The van der Waals surface area contributed by atoms with Crippen molar-refractivity contribution in [3.8, 4) is 0 Å². The van der Waals surface area contributed by atoms with Gasteiger partial charge in [-0.05, 0) is 18.1 Å². The lowest BCUT2D eigenvalue weighted by molar-refractivity contribution is 0.0715. The van der Waals surface area contributed by atoms with Crippen LogP contribution < -0.4 is 5.32 Å². The average molecular weight is 259 g/mol. The standard InChI is InChI=1S/C15H21N3O/c19-15-14-4-2-1-3-13(14)5-8-18(15)12-11-17-9-6-16-7-10-17/h1-4,16H,5-12H2. The van der Waals surface area contributed by atoms with Gasteiger partial charge in [-0.2, -0.15) is 0 Å². The van der Waals surface area contributed by atoms with Gasteiger partial charge in [0.15, 0.2) is 0 Å². The molecule has 0 aromatic heterocycles. The van der Waals surface area contributed by atoms with Crippen molar-refractivity contribution in [2.24, 2.45) is 0 Å². The minimum Gasteiger partial charge on any atom is -0.337 e. The molecule has 1 amide bonds. The molecule has 4 heteroatoms. The third-order valence-corrected chi connectivity index (χ3v) is 4.08. The molecule has 2 aliphatic heterocycles. The van der Waals surface area contributed by atoms with Gasteiger partial charge in [0, 0.05) is 51.4 Å². The number of hydrogen-bond donors (Lipinski definition) is 1. The first-order valence-electron chi connectivity index (χ1n) is 7.15. The Balaban J connectivity index is 1.59. The number of carbonyl (C=O) groups is 1. The molecule has 1 aromatic carbocycles. The molecular weight excluding hydrogens is 238 g/mol. The topological polar surface area (TPSA) is 35.6 Å². The minimum atomic E-state index is 0.206. The first kappa shape index (κ1) is 12.6. The summed E-state index contributed by atoms with van der Waals surface area (Å²) in [5.41, 5.74) is 2.10. The number of nitrogens with one attached hydrogen (secondary N) is 1. The maximum absolute atomic E-state index is 12.4. The largest absolute Gasteiger partial charge is 0.337 e. The van der Waals surface area contributed by atoms with Gasteiger partial charge in [-0.1, -0.05) is 18.2 Å². The van der Waals surface area contributed by atoms with Gasteiger partial charge in [-0.25, -0.2) is 0 Å². The van der Waals surface area contributed by atoms with Gasteiger partial charge in [0.25, 0.3) is 5.91 Å². The molecule has 0 saturated carbocycles. The third kappa shape index (κ3) is 2.80. The second-order valence-corrected chi connectivity index (χ2v) is 5.29. The molecule has 2 heterocycles. The molecule has 0 spiro atoms. The molecule has 102 valence electrons. The van der Waals surface area contributed by atoms with Gasteiger partial charge in [-0.15, -0.1) is 0 Å². The van der Waals surface area contributed by atoms with E-state index in [1.165, 1.54) is 5.56 Å². The van der Waals surface area contributed by atoms with Crippen molar-refractivity contribution in [3.63, 3.8) is 0 Å². The van der Waals surface area contributed by atoms with Crippen LogP contribution in [-0.4, -0.2) is 61.5 Å². The highest BCUT2D eigenvalue weighted by atomic mass is 16.2. The molecule has 3 rings (SSSR count). The van der Waals surface area contributed by atoms with E-state index < -0.39 is 0 Å². The zero-order valence-corrected chi connectivity index (χ0v) is 11.3. The van der Waals surface area contributed by atoms with Crippen molar-refractivity contribution in [2.45, 2.75) is 6.42 Å². The Morgan fingerprint density at radius 1 is 1.05 bits per heavy atom. The number of benzene rings is 1. The van der Waals surface area contributed by atoms with Gasteiger partial charge < -0.3 is 10.2 Å². The molecular formula is C15H21N3O. The summed E-state index contributed by atoms with van der Waals surface area (Å²) in [7, 11) is 0. The maximum Gasteiger partial charge on any atom is 0.254 e. The Bertz CT molecular complexity index is 454. The number of amides is 1. The van der Waals surface area contributed by atoms with Gasteiger partial charge in [0.1, 0.15) is 0 Å². The SMILES string of the molecule is O=C1c2ccccc2CCN1CCN1CCNCC1. The molecule has 4 nitrogen and oxygen atoms in total. The highest BCUT2D eigenvalue weighted by molar-refractivity contribution is 5.96.